The van der Waals surface area contributed by atoms with Gasteiger partial charge in [-0.25, -0.2) is 9.37 Å². The van der Waals surface area contributed by atoms with Gasteiger partial charge in [0, 0.05) is 41.2 Å². The lowest BCUT2D eigenvalue weighted by molar-refractivity contribution is 0.315. The third-order valence-corrected chi connectivity index (χ3v) is 4.83. The lowest BCUT2D eigenvalue weighted by Crippen LogP contribution is -2.32. The molecule has 0 unspecified atom stereocenters. The monoisotopic (exact) mass is 400 g/mol. The van der Waals surface area contributed by atoms with E-state index in [1.165, 1.54) is 12.1 Å². The molecule has 0 amide bonds. The highest BCUT2D eigenvalue weighted by Gasteiger charge is 2.24. The molecular weight excluding hydrogens is 387 g/mol. The van der Waals surface area contributed by atoms with Gasteiger partial charge < -0.3 is 9.47 Å². The Morgan fingerprint density at radius 1 is 1.20 bits per heavy atom. The van der Waals surface area contributed by atoms with Crippen LogP contribution < -0.4 is 0 Å². The SMILES string of the molecule is C=C(c1ccc(F)cc1Br)N1CCn2c(nnc2-c2cnccn2)C1. The van der Waals surface area contributed by atoms with Crippen molar-refractivity contribution >= 4 is 21.6 Å². The Kier molecular flexibility index (Phi) is 4.04. The number of hydrogen-bond acceptors (Lipinski definition) is 5. The van der Waals surface area contributed by atoms with Crippen LogP contribution >= 0.6 is 15.9 Å². The molecule has 3 heterocycles. The molecule has 25 heavy (non-hydrogen) atoms. The average Bonchev–Trinajstić information content (AvgIpc) is 3.05. The molecule has 0 N–H and O–H groups in total. The highest BCUT2D eigenvalue weighted by Crippen LogP contribution is 2.29. The van der Waals surface area contributed by atoms with Crippen molar-refractivity contribution in [3.05, 3.63) is 65.0 Å². The van der Waals surface area contributed by atoms with E-state index in [0.29, 0.717) is 23.3 Å². The molecule has 0 fully saturated rings. The minimum atomic E-state index is -0.282. The van der Waals surface area contributed by atoms with Crippen molar-refractivity contribution in [2.45, 2.75) is 13.1 Å². The fourth-order valence-corrected chi connectivity index (χ4v) is 3.47. The molecule has 0 saturated carbocycles. The van der Waals surface area contributed by atoms with E-state index in [-0.39, 0.29) is 5.82 Å². The quantitative estimate of drug-likeness (QED) is 0.675. The first-order valence-electron chi connectivity index (χ1n) is 7.71. The summed E-state index contributed by atoms with van der Waals surface area (Å²) in [7, 11) is 0. The van der Waals surface area contributed by atoms with Gasteiger partial charge in [0.25, 0.3) is 0 Å². The van der Waals surface area contributed by atoms with Crippen LogP contribution in [0.1, 0.15) is 11.4 Å². The van der Waals surface area contributed by atoms with Gasteiger partial charge in [-0.05, 0) is 34.1 Å². The molecule has 0 atom stereocenters. The summed E-state index contributed by atoms with van der Waals surface area (Å²) in [5, 5.41) is 8.55. The molecule has 0 radical (unpaired) electrons. The topological polar surface area (TPSA) is 59.7 Å². The maximum atomic E-state index is 13.3. The van der Waals surface area contributed by atoms with Crippen LogP contribution in [0.5, 0.6) is 0 Å². The molecule has 3 aromatic rings. The fraction of sp³-hybridized carbons (Fsp3) is 0.176. The second kappa shape index (κ2) is 6.36. The zero-order valence-corrected chi connectivity index (χ0v) is 14.8. The van der Waals surface area contributed by atoms with Crippen molar-refractivity contribution in [1.29, 1.82) is 0 Å². The lowest BCUT2D eigenvalue weighted by Gasteiger charge is -2.31. The zero-order valence-electron chi connectivity index (χ0n) is 13.2. The van der Waals surface area contributed by atoms with Crippen LogP contribution in [0.3, 0.4) is 0 Å². The first-order valence-corrected chi connectivity index (χ1v) is 8.50. The van der Waals surface area contributed by atoms with Crippen LogP contribution in [-0.4, -0.2) is 36.2 Å². The lowest BCUT2D eigenvalue weighted by atomic mass is 10.1. The predicted octanol–water partition coefficient (Wildman–Crippen LogP) is 3.12. The molecule has 1 aliphatic rings. The van der Waals surface area contributed by atoms with E-state index in [4.69, 9.17) is 0 Å². The Balaban J connectivity index is 1.60. The van der Waals surface area contributed by atoms with Gasteiger partial charge in [0.05, 0.1) is 12.7 Å². The second-order valence-electron chi connectivity index (χ2n) is 5.67. The number of halogens is 2. The molecule has 8 heteroatoms. The van der Waals surface area contributed by atoms with Crippen molar-refractivity contribution in [3.8, 4) is 11.5 Å². The number of nitrogens with zero attached hydrogens (tertiary/aromatic N) is 6. The summed E-state index contributed by atoms with van der Waals surface area (Å²) in [5.74, 6) is 1.28. The Morgan fingerprint density at radius 3 is 2.84 bits per heavy atom. The third kappa shape index (κ3) is 2.93. The molecule has 0 aliphatic carbocycles. The van der Waals surface area contributed by atoms with E-state index in [0.717, 1.165) is 29.5 Å². The molecule has 126 valence electrons. The molecule has 0 saturated heterocycles. The first-order chi connectivity index (χ1) is 12.1. The summed E-state index contributed by atoms with van der Waals surface area (Å²) in [6.07, 6.45) is 4.95. The Bertz CT molecular complexity index is 940. The highest BCUT2D eigenvalue weighted by atomic mass is 79.9. The van der Waals surface area contributed by atoms with Gasteiger partial charge in [-0.3, -0.25) is 4.98 Å². The number of hydrogen-bond donors (Lipinski definition) is 0. The maximum Gasteiger partial charge on any atom is 0.184 e. The number of rotatable bonds is 3. The first kappa shape index (κ1) is 15.9. The molecule has 1 aromatic carbocycles. The predicted molar refractivity (Wildman–Crippen MR) is 94.6 cm³/mol. The van der Waals surface area contributed by atoms with Gasteiger partial charge >= 0.3 is 0 Å². The van der Waals surface area contributed by atoms with Gasteiger partial charge in [-0.1, -0.05) is 6.58 Å². The van der Waals surface area contributed by atoms with Gasteiger partial charge in [0.1, 0.15) is 11.5 Å². The van der Waals surface area contributed by atoms with Crippen molar-refractivity contribution in [3.63, 3.8) is 0 Å². The van der Waals surface area contributed by atoms with Crippen LogP contribution in [0.15, 0.2) is 47.8 Å². The van der Waals surface area contributed by atoms with Crippen LogP contribution in [0.4, 0.5) is 4.39 Å². The standard InChI is InChI=1S/C17H14BrFN6/c1-11(13-3-2-12(19)8-14(13)18)24-6-7-25-16(10-24)22-23-17(25)15-9-20-4-5-21-15/h2-5,8-9H,1,6-7,10H2. The third-order valence-electron chi connectivity index (χ3n) is 4.17. The minimum Gasteiger partial charge on any atom is -0.362 e. The van der Waals surface area contributed by atoms with Crippen LogP contribution in [0.2, 0.25) is 0 Å². The minimum absolute atomic E-state index is 0.282. The largest absolute Gasteiger partial charge is 0.362 e. The van der Waals surface area contributed by atoms with E-state index in [9.17, 15) is 4.39 Å². The van der Waals surface area contributed by atoms with Crippen LogP contribution in [0.25, 0.3) is 17.2 Å². The summed E-state index contributed by atoms with van der Waals surface area (Å²) in [6.45, 7) is 6.22. The Hall–Kier alpha value is -2.61. The number of benzene rings is 1. The molecule has 1 aliphatic heterocycles. The van der Waals surface area contributed by atoms with Gasteiger partial charge in [0.2, 0.25) is 0 Å². The summed E-state index contributed by atoms with van der Waals surface area (Å²) < 4.78 is 16.0. The average molecular weight is 401 g/mol. The van der Waals surface area contributed by atoms with Gasteiger partial charge in [0.15, 0.2) is 11.6 Å². The van der Waals surface area contributed by atoms with E-state index in [1.807, 2.05) is 4.57 Å². The van der Waals surface area contributed by atoms with Crippen LogP contribution in [0, 0.1) is 5.82 Å². The van der Waals surface area contributed by atoms with Crippen molar-refractivity contribution in [2.75, 3.05) is 6.54 Å². The van der Waals surface area contributed by atoms with E-state index >= 15 is 0 Å². The van der Waals surface area contributed by atoms with E-state index in [2.05, 4.69) is 47.6 Å². The van der Waals surface area contributed by atoms with Gasteiger partial charge in [-0.15, -0.1) is 10.2 Å². The second-order valence-corrected chi connectivity index (χ2v) is 6.53. The molecule has 6 nitrogen and oxygen atoms in total. The zero-order chi connectivity index (χ0) is 17.4. The van der Waals surface area contributed by atoms with Crippen molar-refractivity contribution < 1.29 is 4.39 Å². The maximum absolute atomic E-state index is 13.3. The summed E-state index contributed by atoms with van der Waals surface area (Å²) in [5.41, 5.74) is 2.39. The summed E-state index contributed by atoms with van der Waals surface area (Å²) in [4.78, 5) is 10.5. The summed E-state index contributed by atoms with van der Waals surface area (Å²) >= 11 is 3.40. The highest BCUT2D eigenvalue weighted by molar-refractivity contribution is 9.10. The molecule has 0 bridgehead atoms. The van der Waals surface area contributed by atoms with E-state index < -0.39 is 0 Å². The van der Waals surface area contributed by atoms with Crippen LogP contribution in [-0.2, 0) is 13.1 Å². The fourth-order valence-electron chi connectivity index (χ4n) is 2.89. The Labute approximate surface area is 152 Å². The van der Waals surface area contributed by atoms with Crippen molar-refractivity contribution in [2.24, 2.45) is 0 Å². The smallest absolute Gasteiger partial charge is 0.184 e. The molecular formula is C17H14BrFN6. The normalized spacial score (nSPS) is 13.6. The number of aromatic nitrogens is 5. The molecule has 2 aromatic heterocycles. The van der Waals surface area contributed by atoms with E-state index in [1.54, 1.807) is 24.7 Å². The molecule has 0 spiro atoms. The van der Waals surface area contributed by atoms with Crippen molar-refractivity contribution in [1.82, 2.24) is 29.6 Å². The summed E-state index contributed by atoms with van der Waals surface area (Å²) in [6, 6.07) is 4.61. The number of fused-ring (bicyclic) bond motifs is 1. The Morgan fingerprint density at radius 2 is 2.08 bits per heavy atom. The van der Waals surface area contributed by atoms with Gasteiger partial charge in [-0.2, -0.15) is 0 Å². The molecule has 4 rings (SSSR count).